The standard InChI is InChI=1S/C22H19N.CHF3O3S/c1-2-23(20-15-14-17-8-3-4-10-19(17)16-20)22-13-7-11-18-9-5-6-12-21(18)22;2-1(3,4)8(5,6)7/h3-16H,2H2,1H3;(H,5,6,7). The lowest BCUT2D eigenvalue weighted by atomic mass is 10.1. The Bertz CT molecular complexity index is 1300. The molecule has 0 amide bonds. The smallest absolute Gasteiger partial charge is 0.341 e. The van der Waals surface area contributed by atoms with E-state index in [1.165, 1.54) is 32.9 Å². The highest BCUT2D eigenvalue weighted by Gasteiger charge is 2.44. The van der Waals surface area contributed by atoms with Crippen molar-refractivity contribution in [3.8, 4) is 0 Å². The molecule has 0 fully saturated rings. The zero-order chi connectivity index (χ0) is 22.6. The van der Waals surface area contributed by atoms with E-state index in [4.69, 9.17) is 13.0 Å². The van der Waals surface area contributed by atoms with E-state index in [9.17, 15) is 13.2 Å². The van der Waals surface area contributed by atoms with E-state index in [0.717, 1.165) is 6.54 Å². The fourth-order valence-corrected chi connectivity index (χ4v) is 3.28. The van der Waals surface area contributed by atoms with Crippen LogP contribution in [0.4, 0.5) is 24.5 Å². The Labute approximate surface area is 178 Å². The molecule has 0 spiro atoms. The van der Waals surface area contributed by atoms with Crippen molar-refractivity contribution in [2.24, 2.45) is 0 Å². The van der Waals surface area contributed by atoms with E-state index < -0.39 is 15.6 Å². The summed E-state index contributed by atoms with van der Waals surface area (Å²) in [5.41, 5.74) is -3.03. The lowest BCUT2D eigenvalue weighted by molar-refractivity contribution is -0.0510. The molecule has 0 aliphatic rings. The van der Waals surface area contributed by atoms with E-state index in [0.29, 0.717) is 0 Å². The van der Waals surface area contributed by atoms with Gasteiger partial charge in [-0.1, -0.05) is 66.7 Å². The number of halogens is 3. The minimum Gasteiger partial charge on any atom is -0.341 e. The molecule has 4 nitrogen and oxygen atoms in total. The number of anilines is 2. The predicted octanol–water partition coefficient (Wildman–Crippen LogP) is 6.55. The Hall–Kier alpha value is -3.10. The fourth-order valence-electron chi connectivity index (χ4n) is 3.28. The van der Waals surface area contributed by atoms with Crippen molar-refractivity contribution in [1.82, 2.24) is 0 Å². The third kappa shape index (κ3) is 5.15. The van der Waals surface area contributed by atoms with Gasteiger partial charge in [-0.25, -0.2) is 0 Å². The molecule has 0 radical (unpaired) electrons. The molecule has 162 valence electrons. The lowest BCUT2D eigenvalue weighted by Crippen LogP contribution is -2.21. The molecule has 0 aliphatic carbocycles. The molecule has 31 heavy (non-hydrogen) atoms. The molecule has 4 rings (SSSR count). The maximum atomic E-state index is 10.7. The second-order valence-corrected chi connectivity index (χ2v) is 8.11. The van der Waals surface area contributed by atoms with Gasteiger partial charge in [-0.15, -0.1) is 0 Å². The summed E-state index contributed by atoms with van der Waals surface area (Å²) in [6.07, 6.45) is 0. The fraction of sp³-hybridized carbons (Fsp3) is 0.130. The quantitative estimate of drug-likeness (QED) is 0.286. The molecule has 4 aromatic carbocycles. The summed E-state index contributed by atoms with van der Waals surface area (Å²) in [6.45, 7) is 3.14. The number of hydrogen-bond donors (Lipinski definition) is 1. The van der Waals surface area contributed by atoms with Gasteiger partial charge < -0.3 is 4.90 Å². The lowest BCUT2D eigenvalue weighted by Gasteiger charge is -2.25. The molecular weight excluding hydrogens is 427 g/mol. The van der Waals surface area contributed by atoms with Crippen LogP contribution in [0.15, 0.2) is 84.9 Å². The van der Waals surface area contributed by atoms with Crippen molar-refractivity contribution in [2.45, 2.75) is 12.4 Å². The molecule has 0 unspecified atom stereocenters. The Morgan fingerprint density at radius 2 is 1.35 bits per heavy atom. The Morgan fingerprint density at radius 3 is 1.97 bits per heavy atom. The summed E-state index contributed by atoms with van der Waals surface area (Å²) in [7, 11) is -5.84. The summed E-state index contributed by atoms with van der Waals surface area (Å²) in [5, 5.41) is 5.14. The summed E-state index contributed by atoms with van der Waals surface area (Å²) >= 11 is 0. The van der Waals surface area contributed by atoms with E-state index in [1.54, 1.807) is 0 Å². The summed E-state index contributed by atoms with van der Waals surface area (Å²) < 4.78 is 57.5. The Morgan fingerprint density at radius 1 is 0.806 bits per heavy atom. The third-order valence-electron chi connectivity index (χ3n) is 4.71. The number of nitrogens with zero attached hydrogens (tertiary/aromatic N) is 1. The molecule has 0 aliphatic heterocycles. The second kappa shape index (κ2) is 8.95. The number of rotatable bonds is 3. The molecular formula is C23H20F3NO3S. The van der Waals surface area contributed by atoms with Crippen LogP contribution in [0.2, 0.25) is 0 Å². The highest BCUT2D eigenvalue weighted by Crippen LogP contribution is 2.33. The predicted molar refractivity (Wildman–Crippen MR) is 118 cm³/mol. The molecule has 0 bridgehead atoms. The van der Waals surface area contributed by atoms with Crippen LogP contribution in [0, 0.1) is 0 Å². The average molecular weight is 447 g/mol. The highest BCUT2D eigenvalue weighted by atomic mass is 32.2. The molecule has 1 N–H and O–H groups in total. The van der Waals surface area contributed by atoms with E-state index in [1.807, 2.05) is 0 Å². The van der Waals surface area contributed by atoms with E-state index >= 15 is 0 Å². The normalized spacial score (nSPS) is 11.8. The molecule has 0 aromatic heterocycles. The van der Waals surface area contributed by atoms with Crippen molar-refractivity contribution in [3.63, 3.8) is 0 Å². The average Bonchev–Trinajstić information content (AvgIpc) is 2.73. The van der Waals surface area contributed by atoms with Gasteiger partial charge in [0, 0.05) is 23.3 Å². The van der Waals surface area contributed by atoms with Gasteiger partial charge in [-0.2, -0.15) is 21.6 Å². The number of fused-ring (bicyclic) bond motifs is 2. The first-order chi connectivity index (χ1) is 14.6. The number of hydrogen-bond acceptors (Lipinski definition) is 3. The summed E-state index contributed by atoms with van der Waals surface area (Å²) in [5.74, 6) is 0. The maximum Gasteiger partial charge on any atom is 0.522 e. The molecule has 0 heterocycles. The molecule has 0 saturated heterocycles. The first kappa shape index (κ1) is 22.6. The van der Waals surface area contributed by atoms with Crippen LogP contribution in [0.3, 0.4) is 0 Å². The maximum absolute atomic E-state index is 10.7. The van der Waals surface area contributed by atoms with Gasteiger partial charge >= 0.3 is 15.6 Å². The highest BCUT2D eigenvalue weighted by molar-refractivity contribution is 7.86. The number of benzene rings is 4. The third-order valence-corrected chi connectivity index (χ3v) is 5.30. The van der Waals surface area contributed by atoms with Crippen LogP contribution in [-0.4, -0.2) is 25.0 Å². The van der Waals surface area contributed by atoms with Crippen molar-refractivity contribution in [2.75, 3.05) is 11.4 Å². The first-order valence-corrected chi connectivity index (χ1v) is 10.8. The van der Waals surface area contributed by atoms with Crippen LogP contribution in [0.1, 0.15) is 6.92 Å². The van der Waals surface area contributed by atoms with Crippen LogP contribution in [-0.2, 0) is 10.1 Å². The van der Waals surface area contributed by atoms with Gasteiger partial charge in [-0.3, -0.25) is 4.55 Å². The van der Waals surface area contributed by atoms with Crippen LogP contribution < -0.4 is 4.90 Å². The van der Waals surface area contributed by atoms with Gasteiger partial charge in [0.05, 0.1) is 0 Å². The SMILES string of the molecule is CCN(c1ccc2ccccc2c1)c1cccc2ccccc12.O=S(=O)(O)C(F)(F)F. The minimum atomic E-state index is -5.84. The van der Waals surface area contributed by atoms with Crippen molar-refractivity contribution in [3.05, 3.63) is 84.9 Å². The van der Waals surface area contributed by atoms with Gasteiger partial charge in [0.25, 0.3) is 0 Å². The van der Waals surface area contributed by atoms with Crippen molar-refractivity contribution >= 4 is 43.0 Å². The largest absolute Gasteiger partial charge is 0.522 e. The van der Waals surface area contributed by atoms with Crippen LogP contribution in [0.5, 0.6) is 0 Å². The van der Waals surface area contributed by atoms with Crippen LogP contribution in [0.25, 0.3) is 21.5 Å². The van der Waals surface area contributed by atoms with Crippen molar-refractivity contribution < 1.29 is 26.1 Å². The summed E-state index contributed by atoms with van der Waals surface area (Å²) in [4.78, 5) is 2.38. The van der Waals surface area contributed by atoms with Crippen molar-refractivity contribution in [1.29, 1.82) is 0 Å². The van der Waals surface area contributed by atoms with E-state index in [2.05, 4.69) is 96.8 Å². The molecule has 4 aromatic rings. The zero-order valence-corrected chi connectivity index (χ0v) is 17.4. The minimum absolute atomic E-state index is 0.937. The molecule has 0 atom stereocenters. The van der Waals surface area contributed by atoms with Gasteiger partial charge in [0.2, 0.25) is 0 Å². The van der Waals surface area contributed by atoms with Gasteiger partial charge in [0.15, 0.2) is 0 Å². The molecule has 0 saturated carbocycles. The summed E-state index contributed by atoms with van der Waals surface area (Å²) in [6, 6.07) is 30.3. The Kier molecular flexibility index (Phi) is 6.52. The second-order valence-electron chi connectivity index (χ2n) is 6.69. The number of alkyl halides is 3. The van der Waals surface area contributed by atoms with Gasteiger partial charge in [-0.05, 0) is 41.3 Å². The van der Waals surface area contributed by atoms with Crippen LogP contribution >= 0.6 is 0 Å². The monoisotopic (exact) mass is 447 g/mol. The molecule has 8 heteroatoms. The Balaban J connectivity index is 0.000000293. The zero-order valence-electron chi connectivity index (χ0n) is 16.5. The van der Waals surface area contributed by atoms with Gasteiger partial charge in [0.1, 0.15) is 0 Å². The van der Waals surface area contributed by atoms with E-state index in [-0.39, 0.29) is 0 Å². The topological polar surface area (TPSA) is 57.6 Å². The first-order valence-electron chi connectivity index (χ1n) is 9.39.